The molecule has 0 aromatic heterocycles. The maximum atomic E-state index is 13.3. The zero-order valence-electron chi connectivity index (χ0n) is 19.7. The fraction of sp³-hybridized carbons (Fsp3) is 0.385. The first-order valence-corrected chi connectivity index (χ1v) is 11.4. The van der Waals surface area contributed by atoms with E-state index >= 15 is 0 Å². The lowest BCUT2D eigenvalue weighted by molar-refractivity contribution is -0.153. The fourth-order valence-corrected chi connectivity index (χ4v) is 4.75. The number of ether oxygens (including phenoxy) is 1. The number of carbonyl (C=O) groups excluding carboxylic acids is 4. The Bertz CT molecular complexity index is 1160. The second-order valence-electron chi connectivity index (χ2n) is 9.08. The minimum Gasteiger partial charge on any atom is -0.454 e. The first-order valence-electron chi connectivity index (χ1n) is 11.4. The third kappa shape index (κ3) is 4.40. The van der Waals surface area contributed by atoms with Gasteiger partial charge in [0.25, 0.3) is 11.8 Å². The topological polar surface area (TPSA) is 96.0 Å². The molecule has 0 saturated carbocycles. The van der Waals surface area contributed by atoms with Crippen LogP contribution in [-0.4, -0.2) is 53.8 Å². The molecule has 8 nitrogen and oxygen atoms in total. The van der Waals surface area contributed by atoms with Crippen LogP contribution in [0.5, 0.6) is 0 Å². The van der Waals surface area contributed by atoms with E-state index < -0.39 is 36.6 Å². The number of likely N-dealkylation sites (N-methyl/N-ethyl adjacent to an activating group) is 1. The van der Waals surface area contributed by atoms with Crippen LogP contribution in [0.4, 0.5) is 4.79 Å². The van der Waals surface area contributed by atoms with Crippen LogP contribution >= 0.6 is 0 Å². The van der Waals surface area contributed by atoms with Gasteiger partial charge in [-0.1, -0.05) is 48.0 Å². The van der Waals surface area contributed by atoms with Crippen molar-refractivity contribution in [3.05, 3.63) is 70.3 Å². The molecule has 4 amide bonds. The Morgan fingerprint density at radius 3 is 2.68 bits per heavy atom. The van der Waals surface area contributed by atoms with Gasteiger partial charge in [-0.2, -0.15) is 0 Å². The number of carbonyl (C=O) groups is 4. The Morgan fingerprint density at radius 2 is 1.91 bits per heavy atom. The Morgan fingerprint density at radius 1 is 1.15 bits per heavy atom. The number of rotatable bonds is 6. The lowest BCUT2D eigenvalue weighted by Crippen LogP contribution is -2.46. The Labute approximate surface area is 198 Å². The lowest BCUT2D eigenvalue weighted by Gasteiger charge is -2.33. The molecule has 0 bridgehead atoms. The zero-order valence-corrected chi connectivity index (χ0v) is 19.7. The van der Waals surface area contributed by atoms with Crippen LogP contribution in [0.25, 0.3) is 0 Å². The number of nitrogens with zero attached hydrogens (tertiary/aromatic N) is 2. The van der Waals surface area contributed by atoms with Crippen molar-refractivity contribution in [1.82, 2.24) is 15.1 Å². The van der Waals surface area contributed by atoms with E-state index in [1.54, 1.807) is 7.05 Å². The predicted molar refractivity (Wildman–Crippen MR) is 125 cm³/mol. The highest BCUT2D eigenvalue weighted by Crippen LogP contribution is 2.39. The molecule has 1 unspecified atom stereocenters. The molecule has 34 heavy (non-hydrogen) atoms. The summed E-state index contributed by atoms with van der Waals surface area (Å²) in [7, 11) is 1.64. The van der Waals surface area contributed by atoms with E-state index in [4.69, 9.17) is 4.74 Å². The standard InChI is InChI=1S/C26H29N3O5/c1-17-10-11-20(18(2)13-17)14-28(3)22(30)16-34-23(31)15-29-24(32)26(27-25(29)33)12-6-8-19-7-4-5-9-21(19)26/h4-5,7,9-11,13H,6,8,12,14-16H2,1-3H3,(H,27,33). The third-order valence-electron chi connectivity index (χ3n) is 6.63. The molecule has 4 rings (SSSR count). The molecule has 1 N–H and O–H groups in total. The molecular formula is C26H29N3O5. The van der Waals surface area contributed by atoms with E-state index in [0.29, 0.717) is 13.0 Å². The summed E-state index contributed by atoms with van der Waals surface area (Å²) in [6.07, 6.45) is 2.06. The monoisotopic (exact) mass is 463 g/mol. The SMILES string of the molecule is Cc1ccc(CN(C)C(=O)COC(=O)CN2C(=O)NC3(CCCc4ccccc43)C2=O)c(C)c1. The Balaban J connectivity index is 1.35. The number of fused-ring (bicyclic) bond motifs is 2. The molecule has 0 radical (unpaired) electrons. The fourth-order valence-electron chi connectivity index (χ4n) is 4.75. The molecule has 1 fully saturated rings. The number of amides is 4. The summed E-state index contributed by atoms with van der Waals surface area (Å²) >= 11 is 0. The van der Waals surface area contributed by atoms with Crippen molar-refractivity contribution in [2.24, 2.45) is 0 Å². The van der Waals surface area contributed by atoms with E-state index in [0.717, 1.165) is 45.6 Å². The molecular weight excluding hydrogens is 434 g/mol. The molecule has 1 aliphatic heterocycles. The van der Waals surface area contributed by atoms with Crippen LogP contribution in [0, 0.1) is 13.8 Å². The summed E-state index contributed by atoms with van der Waals surface area (Å²) < 4.78 is 5.11. The van der Waals surface area contributed by atoms with Crippen molar-refractivity contribution < 1.29 is 23.9 Å². The molecule has 1 saturated heterocycles. The van der Waals surface area contributed by atoms with Crippen LogP contribution < -0.4 is 5.32 Å². The van der Waals surface area contributed by atoms with Crippen LogP contribution in [0.15, 0.2) is 42.5 Å². The number of urea groups is 1. The summed E-state index contributed by atoms with van der Waals surface area (Å²) in [4.78, 5) is 53.1. The van der Waals surface area contributed by atoms with E-state index in [-0.39, 0.29) is 5.91 Å². The third-order valence-corrected chi connectivity index (χ3v) is 6.63. The minimum atomic E-state index is -1.14. The smallest absolute Gasteiger partial charge is 0.326 e. The average molecular weight is 464 g/mol. The first-order chi connectivity index (χ1) is 16.2. The molecule has 1 aliphatic carbocycles. The number of hydrogen-bond acceptors (Lipinski definition) is 5. The van der Waals surface area contributed by atoms with Crippen molar-refractivity contribution >= 4 is 23.8 Å². The number of esters is 1. The molecule has 2 aromatic rings. The second-order valence-corrected chi connectivity index (χ2v) is 9.08. The van der Waals surface area contributed by atoms with Crippen LogP contribution in [-0.2, 0) is 37.6 Å². The second kappa shape index (κ2) is 9.29. The minimum absolute atomic E-state index is 0.372. The number of benzene rings is 2. The van der Waals surface area contributed by atoms with Gasteiger partial charge in [-0.05, 0) is 55.4 Å². The lowest BCUT2D eigenvalue weighted by atomic mass is 9.76. The van der Waals surface area contributed by atoms with Gasteiger partial charge in [-0.25, -0.2) is 4.79 Å². The van der Waals surface area contributed by atoms with E-state index in [2.05, 4.69) is 5.32 Å². The van der Waals surface area contributed by atoms with Gasteiger partial charge in [0.05, 0.1) is 0 Å². The van der Waals surface area contributed by atoms with Crippen molar-refractivity contribution in [3.8, 4) is 0 Å². The maximum Gasteiger partial charge on any atom is 0.326 e. The number of imide groups is 1. The van der Waals surface area contributed by atoms with Crippen molar-refractivity contribution in [3.63, 3.8) is 0 Å². The molecule has 178 valence electrons. The summed E-state index contributed by atoms with van der Waals surface area (Å²) in [5, 5.41) is 2.80. The highest BCUT2D eigenvalue weighted by molar-refractivity contribution is 6.09. The van der Waals surface area contributed by atoms with Gasteiger partial charge in [0.1, 0.15) is 12.1 Å². The highest BCUT2D eigenvalue weighted by atomic mass is 16.5. The van der Waals surface area contributed by atoms with Gasteiger partial charge < -0.3 is 15.0 Å². The highest BCUT2D eigenvalue weighted by Gasteiger charge is 2.54. The van der Waals surface area contributed by atoms with Gasteiger partial charge in [-0.15, -0.1) is 0 Å². The molecule has 1 spiro atoms. The number of aryl methyl sites for hydroxylation is 3. The Kier molecular flexibility index (Phi) is 6.41. The molecule has 8 heteroatoms. The van der Waals surface area contributed by atoms with Crippen molar-refractivity contribution in [2.75, 3.05) is 20.2 Å². The molecule has 2 aromatic carbocycles. The van der Waals surface area contributed by atoms with E-state index in [1.165, 1.54) is 4.90 Å². The number of nitrogens with one attached hydrogen (secondary N) is 1. The molecule has 2 aliphatic rings. The van der Waals surface area contributed by atoms with Crippen molar-refractivity contribution in [2.45, 2.75) is 45.2 Å². The normalized spacial score (nSPS) is 19.1. The van der Waals surface area contributed by atoms with Gasteiger partial charge in [-0.3, -0.25) is 19.3 Å². The summed E-state index contributed by atoms with van der Waals surface area (Å²) in [5.41, 5.74) is 3.87. The van der Waals surface area contributed by atoms with Crippen LogP contribution in [0.1, 0.15) is 40.7 Å². The van der Waals surface area contributed by atoms with Crippen molar-refractivity contribution in [1.29, 1.82) is 0 Å². The molecule has 1 atom stereocenters. The van der Waals surface area contributed by atoms with Gasteiger partial charge >= 0.3 is 12.0 Å². The Hall–Kier alpha value is -3.68. The summed E-state index contributed by atoms with van der Waals surface area (Å²) in [6, 6.07) is 12.9. The van der Waals surface area contributed by atoms with Crippen LogP contribution in [0.3, 0.4) is 0 Å². The van der Waals surface area contributed by atoms with Gasteiger partial charge in [0.2, 0.25) is 0 Å². The predicted octanol–water partition coefficient (Wildman–Crippen LogP) is 2.59. The van der Waals surface area contributed by atoms with E-state index in [1.807, 2.05) is 56.3 Å². The van der Waals surface area contributed by atoms with Gasteiger partial charge in [0, 0.05) is 13.6 Å². The summed E-state index contributed by atoms with van der Waals surface area (Å²) in [6.45, 7) is 3.37. The quantitative estimate of drug-likeness (QED) is 0.525. The first kappa shape index (κ1) is 23.5. The van der Waals surface area contributed by atoms with Gasteiger partial charge in [0.15, 0.2) is 6.61 Å². The number of hydrogen-bond donors (Lipinski definition) is 1. The molecule has 1 heterocycles. The summed E-state index contributed by atoms with van der Waals surface area (Å²) in [5.74, 6) is -1.64. The largest absolute Gasteiger partial charge is 0.454 e. The maximum absolute atomic E-state index is 13.3. The zero-order chi connectivity index (χ0) is 24.5. The average Bonchev–Trinajstić information content (AvgIpc) is 3.04. The van der Waals surface area contributed by atoms with E-state index in [9.17, 15) is 19.2 Å². The van der Waals surface area contributed by atoms with Crippen LogP contribution in [0.2, 0.25) is 0 Å².